The van der Waals surface area contributed by atoms with Crippen LogP contribution in [0.25, 0.3) is 0 Å². The van der Waals surface area contributed by atoms with Crippen molar-refractivity contribution in [2.45, 2.75) is 23.2 Å². The molecule has 19 heavy (non-hydrogen) atoms. The van der Waals surface area contributed by atoms with Crippen molar-refractivity contribution in [3.8, 4) is 0 Å². The molecular weight excluding hydrogens is 378 g/mol. The Balaban J connectivity index is 2.30. The van der Waals surface area contributed by atoms with Crippen LogP contribution in [0.3, 0.4) is 0 Å². The highest BCUT2D eigenvalue weighted by molar-refractivity contribution is 9.10. The van der Waals surface area contributed by atoms with Crippen LogP contribution in [-0.4, -0.2) is 21.5 Å². The third-order valence-electron chi connectivity index (χ3n) is 2.37. The fourth-order valence-corrected chi connectivity index (χ4v) is 2.20. The fraction of sp³-hybridized carbons (Fsp3) is 0.417. The zero-order valence-corrected chi connectivity index (χ0v) is 13.7. The van der Waals surface area contributed by atoms with Crippen molar-refractivity contribution < 1.29 is 14.6 Å². The van der Waals surface area contributed by atoms with Crippen LogP contribution < -0.4 is 0 Å². The Labute approximate surface area is 134 Å². The van der Waals surface area contributed by atoms with E-state index < -0.39 is 9.75 Å². The molecule has 0 aliphatic rings. The van der Waals surface area contributed by atoms with Gasteiger partial charge in [0.25, 0.3) is 0 Å². The van der Waals surface area contributed by atoms with Gasteiger partial charge < -0.3 is 9.84 Å². The molecule has 0 spiro atoms. The zero-order chi connectivity index (χ0) is 14.5. The number of halogens is 4. The first-order valence-electron chi connectivity index (χ1n) is 5.46. The molecular formula is C12H12BrCl3O3. The maximum atomic E-state index is 10.7. The standard InChI is InChI=1S/C12H12BrCl3O3/c13-12(16,11(17)18)4-1-5-19-7-8-2-3-9(14)6-10(8)15/h2-3,6H,1,4-5,7H2,(H,17,18). The summed E-state index contributed by atoms with van der Waals surface area (Å²) in [5.41, 5.74) is 0.834. The van der Waals surface area contributed by atoms with E-state index in [1.165, 1.54) is 0 Å². The first kappa shape index (κ1) is 17.1. The Morgan fingerprint density at radius 3 is 2.68 bits per heavy atom. The molecule has 0 saturated heterocycles. The molecule has 1 aromatic carbocycles. The summed E-state index contributed by atoms with van der Waals surface area (Å²) < 4.78 is 3.99. The monoisotopic (exact) mass is 388 g/mol. The summed E-state index contributed by atoms with van der Waals surface area (Å²) in [5.74, 6) is -1.10. The molecule has 3 nitrogen and oxygen atoms in total. The van der Waals surface area contributed by atoms with Crippen LogP contribution in [0.15, 0.2) is 18.2 Å². The first-order chi connectivity index (χ1) is 8.83. The minimum absolute atomic E-state index is 0.262. The second kappa shape index (κ2) is 7.70. The van der Waals surface area contributed by atoms with Crippen molar-refractivity contribution in [2.24, 2.45) is 0 Å². The van der Waals surface area contributed by atoms with Crippen molar-refractivity contribution in [3.05, 3.63) is 33.8 Å². The fourth-order valence-electron chi connectivity index (χ4n) is 1.32. The molecule has 0 radical (unpaired) electrons. The number of rotatable bonds is 7. The SMILES string of the molecule is O=C(O)C(Cl)(Br)CCCOCc1ccc(Cl)cc1Cl. The molecule has 1 aromatic rings. The molecule has 0 aliphatic carbocycles. The van der Waals surface area contributed by atoms with Crippen LogP contribution in [0, 0.1) is 0 Å². The molecule has 106 valence electrons. The van der Waals surface area contributed by atoms with Crippen LogP contribution in [-0.2, 0) is 16.1 Å². The summed E-state index contributed by atoms with van der Waals surface area (Å²) in [6.45, 7) is 0.743. The highest BCUT2D eigenvalue weighted by atomic mass is 79.9. The van der Waals surface area contributed by atoms with Gasteiger partial charge in [0.1, 0.15) is 0 Å². The van der Waals surface area contributed by atoms with E-state index in [0.717, 1.165) is 5.56 Å². The van der Waals surface area contributed by atoms with Crippen molar-refractivity contribution in [2.75, 3.05) is 6.61 Å². The largest absolute Gasteiger partial charge is 0.479 e. The number of carboxylic acid groups (broad SMARTS) is 1. The Kier molecular flexibility index (Phi) is 6.91. The Bertz CT molecular complexity index is 452. The highest BCUT2D eigenvalue weighted by Gasteiger charge is 2.31. The molecule has 1 atom stereocenters. The normalized spacial score (nSPS) is 14.1. The van der Waals surface area contributed by atoms with Crippen molar-refractivity contribution >= 4 is 56.7 Å². The van der Waals surface area contributed by atoms with E-state index >= 15 is 0 Å². The summed E-state index contributed by atoms with van der Waals surface area (Å²) in [6, 6.07) is 5.17. The molecule has 1 rings (SSSR count). The number of alkyl halides is 2. The van der Waals surface area contributed by atoms with Gasteiger partial charge in [0.15, 0.2) is 3.78 Å². The average Bonchev–Trinajstić information content (AvgIpc) is 2.31. The zero-order valence-electron chi connectivity index (χ0n) is 9.84. The predicted octanol–water partition coefficient (Wildman–Crippen LogP) is 4.70. The number of aliphatic carboxylic acids is 1. The molecule has 0 saturated carbocycles. The van der Waals surface area contributed by atoms with Gasteiger partial charge in [0, 0.05) is 16.7 Å². The smallest absolute Gasteiger partial charge is 0.335 e. The van der Waals surface area contributed by atoms with Crippen LogP contribution in [0.4, 0.5) is 0 Å². The summed E-state index contributed by atoms with van der Waals surface area (Å²) >= 11 is 20.4. The lowest BCUT2D eigenvalue weighted by Crippen LogP contribution is -2.25. The van der Waals surface area contributed by atoms with Crippen LogP contribution >= 0.6 is 50.7 Å². The first-order valence-corrected chi connectivity index (χ1v) is 7.38. The van der Waals surface area contributed by atoms with Gasteiger partial charge in [0.05, 0.1) is 6.61 Å². The van der Waals surface area contributed by atoms with Crippen LogP contribution in [0.1, 0.15) is 18.4 Å². The number of carbonyl (C=O) groups is 1. The van der Waals surface area contributed by atoms with E-state index in [1.54, 1.807) is 18.2 Å². The Hall–Kier alpha value is -0.000000000000000111. The topological polar surface area (TPSA) is 46.5 Å². The minimum Gasteiger partial charge on any atom is -0.479 e. The van der Waals surface area contributed by atoms with Gasteiger partial charge in [0.2, 0.25) is 0 Å². The van der Waals surface area contributed by atoms with Gasteiger partial charge in [-0.15, -0.1) is 0 Å². The van der Waals surface area contributed by atoms with Gasteiger partial charge in [-0.3, -0.25) is 0 Å². The average molecular weight is 390 g/mol. The maximum absolute atomic E-state index is 10.7. The minimum atomic E-state index is -1.42. The highest BCUT2D eigenvalue weighted by Crippen LogP contribution is 2.29. The van der Waals surface area contributed by atoms with Crippen molar-refractivity contribution in [3.63, 3.8) is 0 Å². The van der Waals surface area contributed by atoms with Crippen LogP contribution in [0.5, 0.6) is 0 Å². The number of benzene rings is 1. The summed E-state index contributed by atoms with van der Waals surface area (Å²) in [6.07, 6.45) is 0.782. The summed E-state index contributed by atoms with van der Waals surface area (Å²) in [7, 11) is 0. The Morgan fingerprint density at radius 1 is 1.42 bits per heavy atom. The van der Waals surface area contributed by atoms with E-state index in [-0.39, 0.29) is 6.42 Å². The molecule has 0 heterocycles. The number of ether oxygens (including phenoxy) is 1. The summed E-state index contributed by atoms with van der Waals surface area (Å²) in [5, 5.41) is 9.91. The molecule has 0 amide bonds. The predicted molar refractivity (Wildman–Crippen MR) is 80.5 cm³/mol. The molecule has 0 bridgehead atoms. The molecule has 0 fully saturated rings. The van der Waals surface area contributed by atoms with Gasteiger partial charge in [-0.1, -0.05) is 56.8 Å². The summed E-state index contributed by atoms with van der Waals surface area (Å²) in [4.78, 5) is 10.7. The number of hydrogen-bond acceptors (Lipinski definition) is 2. The van der Waals surface area contributed by atoms with Crippen LogP contribution in [0.2, 0.25) is 10.0 Å². The van der Waals surface area contributed by atoms with Gasteiger partial charge >= 0.3 is 5.97 Å². The lowest BCUT2D eigenvalue weighted by atomic mass is 10.2. The van der Waals surface area contributed by atoms with E-state index in [9.17, 15) is 4.79 Å². The van der Waals surface area contributed by atoms with E-state index in [0.29, 0.717) is 29.7 Å². The third kappa shape index (κ3) is 5.88. The van der Waals surface area contributed by atoms with E-state index in [1.807, 2.05) is 0 Å². The third-order valence-corrected chi connectivity index (χ3v) is 4.04. The molecule has 0 aliphatic heterocycles. The van der Waals surface area contributed by atoms with Gasteiger partial charge in [-0.05, 0) is 30.5 Å². The van der Waals surface area contributed by atoms with Crippen molar-refractivity contribution in [1.82, 2.24) is 0 Å². The van der Waals surface area contributed by atoms with Gasteiger partial charge in [-0.2, -0.15) is 0 Å². The lowest BCUT2D eigenvalue weighted by molar-refractivity contribution is -0.137. The number of carboxylic acids is 1. The molecule has 7 heteroatoms. The van der Waals surface area contributed by atoms with E-state index in [4.69, 9.17) is 44.6 Å². The maximum Gasteiger partial charge on any atom is 0.335 e. The van der Waals surface area contributed by atoms with Gasteiger partial charge in [-0.25, -0.2) is 4.79 Å². The van der Waals surface area contributed by atoms with Crippen molar-refractivity contribution in [1.29, 1.82) is 0 Å². The second-order valence-corrected chi connectivity index (χ2v) is 7.20. The quantitative estimate of drug-likeness (QED) is 0.542. The lowest BCUT2D eigenvalue weighted by Gasteiger charge is -2.14. The second-order valence-electron chi connectivity index (χ2n) is 3.90. The Morgan fingerprint density at radius 2 is 2.11 bits per heavy atom. The number of hydrogen-bond donors (Lipinski definition) is 1. The molecule has 1 N–H and O–H groups in total. The molecule has 1 unspecified atom stereocenters. The molecule has 0 aromatic heterocycles. The van der Waals surface area contributed by atoms with E-state index in [2.05, 4.69) is 15.9 Å².